The van der Waals surface area contributed by atoms with Crippen LogP contribution in [-0.4, -0.2) is 33.8 Å². The third kappa shape index (κ3) is 2.65. The molecule has 2 N–H and O–H groups in total. The second kappa shape index (κ2) is 5.95. The van der Waals surface area contributed by atoms with E-state index in [1.165, 1.54) is 11.3 Å². The Kier molecular flexibility index (Phi) is 3.87. The van der Waals surface area contributed by atoms with Crippen LogP contribution >= 0.6 is 11.3 Å². The number of piperidine rings is 1. The van der Waals surface area contributed by atoms with E-state index in [0.29, 0.717) is 5.69 Å². The molecule has 130 valence electrons. The summed E-state index contributed by atoms with van der Waals surface area (Å²) in [6, 6.07) is 7.70. The molecule has 2 heterocycles. The van der Waals surface area contributed by atoms with Crippen LogP contribution in [0.2, 0.25) is 0 Å². The average Bonchev–Trinajstić information content (AvgIpc) is 3.27. The van der Waals surface area contributed by atoms with E-state index in [4.69, 9.17) is 5.73 Å². The minimum absolute atomic E-state index is 0.113. The van der Waals surface area contributed by atoms with E-state index in [2.05, 4.69) is 11.1 Å². The minimum atomic E-state index is -0.487. The van der Waals surface area contributed by atoms with Gasteiger partial charge in [-0.15, -0.1) is 11.3 Å². The standard InChI is InChI=1S/C19H21N3O2S/c1-10-4-3-5-13(8-10)17-15(21-11(2)25-17)19(24)22-14-7-6-12(9-14)16(22)18(20)23/h3-5,8,12,14,16H,6-7,9H2,1-2H3,(H2,20,23)/t12-,14+,16-/m0/s1. The lowest BCUT2D eigenvalue weighted by atomic mass is 9.97. The van der Waals surface area contributed by atoms with E-state index in [1.54, 1.807) is 4.90 Å². The van der Waals surface area contributed by atoms with Gasteiger partial charge in [-0.05, 0) is 44.6 Å². The summed E-state index contributed by atoms with van der Waals surface area (Å²) in [5.74, 6) is -0.352. The van der Waals surface area contributed by atoms with Gasteiger partial charge in [0.2, 0.25) is 5.91 Å². The highest BCUT2D eigenvalue weighted by molar-refractivity contribution is 7.15. The normalized spacial score (nSPS) is 24.7. The van der Waals surface area contributed by atoms with E-state index < -0.39 is 11.9 Å². The number of aryl methyl sites for hydroxylation is 2. The number of primary amides is 1. The third-order valence-corrected chi connectivity index (χ3v) is 6.35. The molecule has 1 aromatic heterocycles. The van der Waals surface area contributed by atoms with Crippen LogP contribution in [0.1, 0.15) is 40.3 Å². The fraction of sp³-hybridized carbons (Fsp3) is 0.421. The van der Waals surface area contributed by atoms with Crippen molar-refractivity contribution in [3.8, 4) is 10.4 Å². The molecular formula is C19H21N3O2S. The van der Waals surface area contributed by atoms with Gasteiger partial charge in [0.25, 0.3) is 5.91 Å². The Hall–Kier alpha value is -2.21. The number of thiazole rings is 1. The number of rotatable bonds is 3. The maximum absolute atomic E-state index is 13.3. The van der Waals surface area contributed by atoms with Gasteiger partial charge in [0.15, 0.2) is 0 Å². The Balaban J connectivity index is 1.75. The number of carbonyl (C=O) groups is 2. The Morgan fingerprint density at radius 2 is 2.08 bits per heavy atom. The van der Waals surface area contributed by atoms with Gasteiger partial charge < -0.3 is 10.6 Å². The summed E-state index contributed by atoms with van der Waals surface area (Å²) < 4.78 is 0. The van der Waals surface area contributed by atoms with E-state index in [-0.39, 0.29) is 17.9 Å². The highest BCUT2D eigenvalue weighted by atomic mass is 32.1. The Labute approximate surface area is 150 Å². The summed E-state index contributed by atoms with van der Waals surface area (Å²) in [6.07, 6.45) is 2.80. The number of fused-ring (bicyclic) bond motifs is 2. The van der Waals surface area contributed by atoms with Crippen molar-refractivity contribution >= 4 is 23.2 Å². The third-order valence-electron chi connectivity index (χ3n) is 5.33. The average molecular weight is 355 g/mol. The summed E-state index contributed by atoms with van der Waals surface area (Å²) in [7, 11) is 0. The van der Waals surface area contributed by atoms with Gasteiger partial charge >= 0.3 is 0 Å². The number of aromatic nitrogens is 1. The maximum atomic E-state index is 13.3. The molecule has 2 aromatic rings. The van der Waals surface area contributed by atoms with Gasteiger partial charge in [-0.2, -0.15) is 0 Å². The first-order chi connectivity index (χ1) is 12.0. The lowest BCUT2D eigenvalue weighted by Gasteiger charge is -2.33. The SMILES string of the molecule is Cc1cccc(-c2sc(C)nc2C(=O)N2[C@@H]3CC[C@@H](C3)[C@H]2C(N)=O)c1. The van der Waals surface area contributed by atoms with Crippen LogP contribution < -0.4 is 5.73 Å². The summed E-state index contributed by atoms with van der Waals surface area (Å²) >= 11 is 1.52. The number of nitrogens with zero attached hydrogens (tertiary/aromatic N) is 2. The summed E-state index contributed by atoms with van der Waals surface area (Å²) in [6.45, 7) is 3.93. The van der Waals surface area contributed by atoms with Crippen LogP contribution in [-0.2, 0) is 4.79 Å². The lowest BCUT2D eigenvalue weighted by molar-refractivity contribution is -0.123. The van der Waals surface area contributed by atoms with E-state index in [0.717, 1.165) is 40.3 Å². The van der Waals surface area contributed by atoms with Crippen LogP contribution in [0.25, 0.3) is 10.4 Å². The zero-order valence-electron chi connectivity index (χ0n) is 14.4. The molecule has 4 rings (SSSR count). The first-order valence-electron chi connectivity index (χ1n) is 8.62. The number of benzene rings is 1. The fourth-order valence-electron chi connectivity index (χ4n) is 4.32. The number of hydrogen-bond donors (Lipinski definition) is 1. The molecule has 0 spiro atoms. The van der Waals surface area contributed by atoms with Gasteiger partial charge in [0, 0.05) is 6.04 Å². The molecule has 1 saturated carbocycles. The van der Waals surface area contributed by atoms with Crippen LogP contribution in [0.4, 0.5) is 0 Å². The first-order valence-corrected chi connectivity index (χ1v) is 9.44. The van der Waals surface area contributed by atoms with Crippen LogP contribution in [0, 0.1) is 19.8 Å². The fourth-order valence-corrected chi connectivity index (χ4v) is 5.23. The number of hydrogen-bond acceptors (Lipinski definition) is 4. The zero-order chi connectivity index (χ0) is 17.7. The first kappa shape index (κ1) is 16.3. The lowest BCUT2D eigenvalue weighted by Crippen LogP contribution is -2.51. The summed E-state index contributed by atoms with van der Waals surface area (Å²) in [5.41, 5.74) is 8.20. The Morgan fingerprint density at radius 3 is 2.80 bits per heavy atom. The summed E-state index contributed by atoms with van der Waals surface area (Å²) in [5, 5.41) is 0.847. The second-order valence-electron chi connectivity index (χ2n) is 7.07. The molecule has 1 saturated heterocycles. The van der Waals surface area contributed by atoms with Gasteiger partial charge in [0.05, 0.1) is 9.88 Å². The molecule has 2 aliphatic rings. The molecule has 1 aromatic carbocycles. The zero-order valence-corrected chi connectivity index (χ0v) is 15.2. The van der Waals surface area contributed by atoms with Crippen LogP contribution in [0.15, 0.2) is 24.3 Å². The van der Waals surface area contributed by atoms with Gasteiger partial charge in [-0.25, -0.2) is 4.98 Å². The minimum Gasteiger partial charge on any atom is -0.368 e. The summed E-state index contributed by atoms with van der Waals surface area (Å²) in [4.78, 5) is 32.4. The van der Waals surface area contributed by atoms with Gasteiger partial charge in [0.1, 0.15) is 11.7 Å². The highest BCUT2D eigenvalue weighted by Gasteiger charge is 2.51. The second-order valence-corrected chi connectivity index (χ2v) is 8.27. The molecule has 3 atom stereocenters. The number of likely N-dealkylation sites (tertiary alicyclic amines) is 1. The molecule has 2 bridgehead atoms. The van der Waals surface area contributed by atoms with Gasteiger partial charge in [-0.3, -0.25) is 9.59 Å². The van der Waals surface area contributed by atoms with Crippen LogP contribution in [0.5, 0.6) is 0 Å². The van der Waals surface area contributed by atoms with E-state index >= 15 is 0 Å². The molecule has 0 unspecified atom stereocenters. The predicted molar refractivity (Wildman–Crippen MR) is 97.3 cm³/mol. The number of amides is 2. The number of nitrogens with two attached hydrogens (primary N) is 1. The van der Waals surface area contributed by atoms with Crippen molar-refractivity contribution < 1.29 is 9.59 Å². The predicted octanol–water partition coefficient (Wildman–Crippen LogP) is 2.91. The van der Waals surface area contributed by atoms with Crippen molar-refractivity contribution in [2.75, 3.05) is 0 Å². The molecule has 2 fully saturated rings. The van der Waals surface area contributed by atoms with Crippen LogP contribution in [0.3, 0.4) is 0 Å². The largest absolute Gasteiger partial charge is 0.368 e. The maximum Gasteiger partial charge on any atom is 0.274 e. The number of carbonyl (C=O) groups excluding carboxylic acids is 2. The molecular weight excluding hydrogens is 334 g/mol. The molecule has 6 heteroatoms. The Morgan fingerprint density at radius 1 is 1.28 bits per heavy atom. The Bertz CT molecular complexity index is 860. The van der Waals surface area contributed by atoms with Crippen molar-refractivity contribution in [3.05, 3.63) is 40.5 Å². The van der Waals surface area contributed by atoms with Crippen molar-refractivity contribution in [1.82, 2.24) is 9.88 Å². The molecule has 1 aliphatic heterocycles. The van der Waals surface area contributed by atoms with Crippen molar-refractivity contribution in [2.24, 2.45) is 11.7 Å². The molecule has 1 aliphatic carbocycles. The quantitative estimate of drug-likeness (QED) is 0.920. The molecule has 25 heavy (non-hydrogen) atoms. The molecule has 0 radical (unpaired) electrons. The molecule has 2 amide bonds. The highest BCUT2D eigenvalue weighted by Crippen LogP contribution is 2.44. The smallest absolute Gasteiger partial charge is 0.274 e. The van der Waals surface area contributed by atoms with E-state index in [9.17, 15) is 9.59 Å². The van der Waals surface area contributed by atoms with E-state index in [1.807, 2.05) is 32.0 Å². The monoisotopic (exact) mass is 355 g/mol. The van der Waals surface area contributed by atoms with Crippen molar-refractivity contribution in [2.45, 2.75) is 45.2 Å². The topological polar surface area (TPSA) is 76.3 Å². The van der Waals surface area contributed by atoms with Crippen molar-refractivity contribution in [1.29, 1.82) is 0 Å². The molecule has 5 nitrogen and oxygen atoms in total. The van der Waals surface area contributed by atoms with Crippen molar-refractivity contribution in [3.63, 3.8) is 0 Å². The van der Waals surface area contributed by atoms with Gasteiger partial charge in [-0.1, -0.05) is 29.8 Å².